The molecule has 0 saturated heterocycles. The fraction of sp³-hybridized carbons (Fsp3) is 0.625. The third-order valence-electron chi connectivity index (χ3n) is 2.03. The van der Waals surface area contributed by atoms with Gasteiger partial charge in [0.05, 0.1) is 25.6 Å². The van der Waals surface area contributed by atoms with Gasteiger partial charge >= 0.3 is 6.09 Å². The van der Waals surface area contributed by atoms with E-state index in [-0.39, 0.29) is 13.0 Å². The van der Waals surface area contributed by atoms with E-state index in [0.29, 0.717) is 18.9 Å². The summed E-state index contributed by atoms with van der Waals surface area (Å²) in [5.74, 6) is 0.444. The number of rotatable bonds is 5. The molecular formula is C8H12N6O2. The molecule has 0 atom stereocenters. The van der Waals surface area contributed by atoms with E-state index in [1.807, 2.05) is 6.07 Å². The first-order valence-corrected chi connectivity index (χ1v) is 4.79. The number of nitriles is 1. The smallest absolute Gasteiger partial charge is 0.407 e. The number of tetrazole rings is 1. The minimum Gasteiger partial charge on any atom is -0.465 e. The predicted octanol–water partition coefficient (Wildman–Crippen LogP) is 0.0867. The van der Waals surface area contributed by atoms with Crippen LogP contribution in [0.4, 0.5) is 4.79 Å². The third kappa shape index (κ3) is 2.91. The lowest BCUT2D eigenvalue weighted by molar-refractivity contribution is 0.143. The monoisotopic (exact) mass is 224 g/mol. The van der Waals surface area contributed by atoms with Crippen molar-refractivity contribution < 1.29 is 9.90 Å². The Morgan fingerprint density at radius 1 is 1.69 bits per heavy atom. The molecule has 0 spiro atoms. The van der Waals surface area contributed by atoms with Crippen molar-refractivity contribution in [1.29, 1.82) is 5.26 Å². The van der Waals surface area contributed by atoms with Gasteiger partial charge < -0.3 is 10.0 Å². The van der Waals surface area contributed by atoms with Gasteiger partial charge in [-0.25, -0.2) is 9.48 Å². The van der Waals surface area contributed by atoms with Crippen molar-refractivity contribution in [3.05, 3.63) is 5.82 Å². The Hall–Kier alpha value is -2.17. The number of amides is 1. The number of aryl methyl sites for hydroxylation is 1. The highest BCUT2D eigenvalue weighted by molar-refractivity contribution is 5.64. The molecule has 0 aromatic carbocycles. The number of aromatic nitrogens is 4. The topological polar surface area (TPSA) is 108 Å². The van der Waals surface area contributed by atoms with Gasteiger partial charge in [-0.2, -0.15) is 5.26 Å². The van der Waals surface area contributed by atoms with Crippen molar-refractivity contribution in [3.63, 3.8) is 0 Å². The molecule has 1 N–H and O–H groups in total. The lowest BCUT2D eigenvalue weighted by Gasteiger charge is -2.15. The summed E-state index contributed by atoms with van der Waals surface area (Å²) in [5.41, 5.74) is 0. The molecule has 1 rings (SSSR count). The van der Waals surface area contributed by atoms with Gasteiger partial charge in [-0.3, -0.25) is 0 Å². The van der Waals surface area contributed by atoms with Crippen LogP contribution in [0.3, 0.4) is 0 Å². The molecule has 8 heteroatoms. The van der Waals surface area contributed by atoms with Crippen molar-refractivity contribution in [2.75, 3.05) is 6.54 Å². The fourth-order valence-electron chi connectivity index (χ4n) is 1.15. The second kappa shape index (κ2) is 5.65. The first-order valence-electron chi connectivity index (χ1n) is 4.79. The highest BCUT2D eigenvalue weighted by Gasteiger charge is 2.14. The lowest BCUT2D eigenvalue weighted by atomic mass is 10.4. The largest absolute Gasteiger partial charge is 0.465 e. The van der Waals surface area contributed by atoms with Crippen molar-refractivity contribution >= 4 is 6.09 Å². The van der Waals surface area contributed by atoms with Crippen LogP contribution in [0.15, 0.2) is 0 Å². The molecule has 0 saturated carbocycles. The molecule has 0 bridgehead atoms. The van der Waals surface area contributed by atoms with E-state index in [2.05, 4.69) is 15.5 Å². The van der Waals surface area contributed by atoms with E-state index in [4.69, 9.17) is 10.4 Å². The number of carbonyl (C=O) groups is 1. The van der Waals surface area contributed by atoms with Crippen LogP contribution in [-0.2, 0) is 13.1 Å². The van der Waals surface area contributed by atoms with E-state index in [0.717, 1.165) is 0 Å². The Bertz CT molecular complexity index is 395. The molecule has 1 aromatic heterocycles. The van der Waals surface area contributed by atoms with Crippen LogP contribution < -0.4 is 0 Å². The molecule has 16 heavy (non-hydrogen) atoms. The van der Waals surface area contributed by atoms with Gasteiger partial charge in [0.2, 0.25) is 0 Å². The molecule has 0 aliphatic heterocycles. The van der Waals surface area contributed by atoms with Crippen LogP contribution in [0, 0.1) is 11.3 Å². The molecule has 8 nitrogen and oxygen atoms in total. The zero-order chi connectivity index (χ0) is 12.0. The predicted molar refractivity (Wildman–Crippen MR) is 52.2 cm³/mol. The zero-order valence-corrected chi connectivity index (χ0v) is 8.87. The van der Waals surface area contributed by atoms with Gasteiger partial charge in [-0.05, 0) is 17.4 Å². The number of nitrogens with zero attached hydrogens (tertiary/aromatic N) is 6. The summed E-state index contributed by atoms with van der Waals surface area (Å²) in [5, 5.41) is 28.1. The number of hydrogen-bond donors (Lipinski definition) is 1. The van der Waals surface area contributed by atoms with Crippen molar-refractivity contribution in [3.8, 4) is 6.07 Å². The summed E-state index contributed by atoms with van der Waals surface area (Å²) < 4.78 is 1.44. The van der Waals surface area contributed by atoms with E-state index < -0.39 is 6.09 Å². The highest BCUT2D eigenvalue weighted by Crippen LogP contribution is 2.01. The van der Waals surface area contributed by atoms with E-state index >= 15 is 0 Å². The van der Waals surface area contributed by atoms with Crippen molar-refractivity contribution in [2.24, 2.45) is 0 Å². The quantitative estimate of drug-likeness (QED) is 0.759. The van der Waals surface area contributed by atoms with Crippen LogP contribution in [0.25, 0.3) is 0 Å². The van der Waals surface area contributed by atoms with Gasteiger partial charge in [0.25, 0.3) is 0 Å². The molecule has 0 aliphatic rings. The normalized spacial score (nSPS) is 9.75. The third-order valence-corrected chi connectivity index (χ3v) is 2.03. The minimum absolute atomic E-state index is 0.129. The van der Waals surface area contributed by atoms with Crippen LogP contribution >= 0.6 is 0 Å². The van der Waals surface area contributed by atoms with E-state index in [1.165, 1.54) is 9.58 Å². The molecule has 0 radical (unpaired) electrons. The Labute approximate surface area is 92.1 Å². The lowest BCUT2D eigenvalue weighted by Crippen LogP contribution is -2.30. The Balaban J connectivity index is 2.69. The number of hydrogen-bond acceptors (Lipinski definition) is 5. The Morgan fingerprint density at radius 2 is 2.44 bits per heavy atom. The van der Waals surface area contributed by atoms with E-state index in [9.17, 15) is 4.79 Å². The summed E-state index contributed by atoms with van der Waals surface area (Å²) in [6.07, 6.45) is -0.727. The van der Waals surface area contributed by atoms with Gasteiger partial charge in [0, 0.05) is 6.54 Å². The SMILES string of the molecule is CCN(Cc1nnnn1CCC#N)C(=O)O. The summed E-state index contributed by atoms with van der Waals surface area (Å²) >= 11 is 0. The first kappa shape index (κ1) is 11.9. The maximum Gasteiger partial charge on any atom is 0.407 e. The average molecular weight is 224 g/mol. The van der Waals surface area contributed by atoms with Gasteiger partial charge in [-0.15, -0.1) is 5.10 Å². The molecule has 0 unspecified atom stereocenters. The van der Waals surface area contributed by atoms with Crippen LogP contribution in [0.2, 0.25) is 0 Å². The van der Waals surface area contributed by atoms with Gasteiger partial charge in [0.15, 0.2) is 5.82 Å². The maximum absolute atomic E-state index is 10.8. The summed E-state index contributed by atoms with van der Waals surface area (Å²) in [6.45, 7) is 2.60. The Kier molecular flexibility index (Phi) is 4.20. The van der Waals surface area contributed by atoms with Crippen molar-refractivity contribution in [2.45, 2.75) is 26.4 Å². The molecule has 86 valence electrons. The van der Waals surface area contributed by atoms with Crippen LogP contribution in [0.5, 0.6) is 0 Å². The fourth-order valence-corrected chi connectivity index (χ4v) is 1.15. The summed E-state index contributed by atoms with van der Waals surface area (Å²) in [6, 6.07) is 1.98. The minimum atomic E-state index is -1.02. The van der Waals surface area contributed by atoms with Crippen molar-refractivity contribution in [1.82, 2.24) is 25.1 Å². The Morgan fingerprint density at radius 3 is 3.00 bits per heavy atom. The zero-order valence-electron chi connectivity index (χ0n) is 8.87. The first-order chi connectivity index (χ1) is 7.69. The average Bonchev–Trinajstić information content (AvgIpc) is 2.69. The molecule has 0 fully saturated rings. The van der Waals surface area contributed by atoms with E-state index in [1.54, 1.807) is 6.92 Å². The maximum atomic E-state index is 10.8. The second-order valence-electron chi connectivity index (χ2n) is 3.02. The van der Waals surface area contributed by atoms with Crippen LogP contribution in [-0.4, -0.2) is 42.9 Å². The summed E-state index contributed by atoms with van der Waals surface area (Å²) in [4.78, 5) is 12.0. The summed E-state index contributed by atoms with van der Waals surface area (Å²) in [7, 11) is 0. The number of carboxylic acid groups (broad SMARTS) is 1. The standard InChI is InChI=1S/C8H12N6O2/c1-2-13(8(15)16)6-7-10-11-12-14(7)5-3-4-9/h2-3,5-6H2,1H3,(H,15,16). The molecule has 1 aromatic rings. The highest BCUT2D eigenvalue weighted by atomic mass is 16.4. The van der Waals surface area contributed by atoms with Crippen LogP contribution in [0.1, 0.15) is 19.2 Å². The van der Waals surface area contributed by atoms with Gasteiger partial charge in [0.1, 0.15) is 0 Å². The second-order valence-corrected chi connectivity index (χ2v) is 3.02. The van der Waals surface area contributed by atoms with Gasteiger partial charge in [-0.1, -0.05) is 0 Å². The molecule has 0 aliphatic carbocycles. The molecule has 1 amide bonds. The molecule has 1 heterocycles. The molecular weight excluding hydrogens is 212 g/mol.